The average Bonchev–Trinajstić information content (AvgIpc) is 2.65. The van der Waals surface area contributed by atoms with Crippen LogP contribution in [0, 0.1) is 17.0 Å². The zero-order valence-electron chi connectivity index (χ0n) is 14.8. The van der Waals surface area contributed by atoms with Crippen LogP contribution in [0.15, 0.2) is 59.4 Å². The van der Waals surface area contributed by atoms with Crippen LogP contribution in [0.4, 0.5) is 11.4 Å². The molecule has 0 aliphatic rings. The molecule has 0 aliphatic heterocycles. The third kappa shape index (κ3) is 4.41. The molecule has 0 unspecified atom stereocenters. The van der Waals surface area contributed by atoms with E-state index in [0.29, 0.717) is 22.0 Å². The Morgan fingerprint density at radius 1 is 1.18 bits per heavy atom. The van der Waals surface area contributed by atoms with Gasteiger partial charge >= 0.3 is 0 Å². The second kappa shape index (κ2) is 8.01. The van der Waals surface area contributed by atoms with E-state index in [1.165, 1.54) is 24.3 Å². The first kappa shape index (κ1) is 19.2. The predicted octanol–water partition coefficient (Wildman–Crippen LogP) is 3.42. The predicted molar refractivity (Wildman–Crippen MR) is 105 cm³/mol. The Balaban J connectivity index is 1.79. The molecule has 8 nitrogen and oxygen atoms in total. The largest absolute Gasteiger partial charge is 0.324 e. The highest BCUT2D eigenvalue weighted by Gasteiger charge is 2.12. The van der Waals surface area contributed by atoms with Gasteiger partial charge in [-0.15, -0.1) is 0 Å². The van der Waals surface area contributed by atoms with Crippen molar-refractivity contribution in [3.8, 4) is 11.3 Å². The Labute approximate surface area is 164 Å². The van der Waals surface area contributed by atoms with Gasteiger partial charge in [-0.05, 0) is 36.8 Å². The second-order valence-corrected chi connectivity index (χ2v) is 6.46. The number of nitro benzene ring substituents is 1. The summed E-state index contributed by atoms with van der Waals surface area (Å²) in [6.07, 6.45) is 0. The van der Waals surface area contributed by atoms with Gasteiger partial charge in [-0.25, -0.2) is 4.68 Å². The third-order valence-electron chi connectivity index (χ3n) is 3.99. The van der Waals surface area contributed by atoms with Crippen molar-refractivity contribution in [1.29, 1.82) is 0 Å². The Morgan fingerprint density at radius 3 is 2.54 bits per heavy atom. The van der Waals surface area contributed by atoms with Crippen LogP contribution in [0.5, 0.6) is 0 Å². The van der Waals surface area contributed by atoms with Crippen LogP contribution in [0.25, 0.3) is 11.3 Å². The number of non-ortho nitro benzene ring substituents is 1. The SMILES string of the molecule is Cc1cc([N+](=O)[O-])ccc1NC(=O)Cn1nc(-c2ccc(Cl)cc2)ccc1=O. The number of anilines is 1. The van der Waals surface area contributed by atoms with Gasteiger partial charge < -0.3 is 5.32 Å². The lowest BCUT2D eigenvalue weighted by atomic mass is 10.1. The molecule has 142 valence electrons. The molecule has 9 heteroatoms. The summed E-state index contributed by atoms with van der Waals surface area (Å²) in [5.74, 6) is -0.472. The molecule has 0 aliphatic carbocycles. The number of nitrogens with one attached hydrogen (secondary N) is 1. The van der Waals surface area contributed by atoms with Crippen molar-refractivity contribution in [1.82, 2.24) is 9.78 Å². The molecule has 1 amide bonds. The number of carbonyl (C=O) groups is 1. The van der Waals surface area contributed by atoms with Crippen molar-refractivity contribution in [3.05, 3.63) is 85.7 Å². The van der Waals surface area contributed by atoms with E-state index in [4.69, 9.17) is 11.6 Å². The fourth-order valence-electron chi connectivity index (χ4n) is 2.56. The highest BCUT2D eigenvalue weighted by Crippen LogP contribution is 2.21. The maximum absolute atomic E-state index is 12.3. The topological polar surface area (TPSA) is 107 Å². The lowest BCUT2D eigenvalue weighted by Gasteiger charge is -2.10. The van der Waals surface area contributed by atoms with Gasteiger partial charge in [0, 0.05) is 34.5 Å². The van der Waals surface area contributed by atoms with Crippen molar-refractivity contribution in [2.75, 3.05) is 5.32 Å². The minimum absolute atomic E-state index is 0.0657. The van der Waals surface area contributed by atoms with Gasteiger partial charge in [-0.3, -0.25) is 19.7 Å². The average molecular weight is 399 g/mol. The van der Waals surface area contributed by atoms with Crippen LogP contribution in [-0.2, 0) is 11.3 Å². The lowest BCUT2D eigenvalue weighted by Crippen LogP contribution is -2.29. The molecule has 1 N–H and O–H groups in total. The van der Waals surface area contributed by atoms with Gasteiger partial charge in [0.05, 0.1) is 10.6 Å². The quantitative estimate of drug-likeness (QED) is 0.523. The summed E-state index contributed by atoms with van der Waals surface area (Å²) in [5, 5.41) is 18.2. The molecule has 0 fully saturated rings. The van der Waals surface area contributed by atoms with E-state index >= 15 is 0 Å². The van der Waals surface area contributed by atoms with Gasteiger partial charge in [0.1, 0.15) is 6.54 Å². The smallest absolute Gasteiger partial charge is 0.269 e. The maximum Gasteiger partial charge on any atom is 0.269 e. The molecule has 0 radical (unpaired) electrons. The molecule has 0 spiro atoms. The number of halogens is 1. The van der Waals surface area contributed by atoms with Crippen molar-refractivity contribution in [2.45, 2.75) is 13.5 Å². The first-order chi connectivity index (χ1) is 13.3. The summed E-state index contributed by atoms with van der Waals surface area (Å²) in [6.45, 7) is 1.35. The van der Waals surface area contributed by atoms with Crippen molar-refractivity contribution >= 4 is 28.9 Å². The fraction of sp³-hybridized carbons (Fsp3) is 0.105. The number of carbonyl (C=O) groups excluding carboxylic acids is 1. The van der Waals surface area contributed by atoms with E-state index in [0.717, 1.165) is 10.2 Å². The van der Waals surface area contributed by atoms with Gasteiger partial charge in [0.15, 0.2) is 0 Å². The summed E-state index contributed by atoms with van der Waals surface area (Å²) in [6, 6.07) is 14.0. The lowest BCUT2D eigenvalue weighted by molar-refractivity contribution is -0.384. The molecule has 0 saturated heterocycles. The molecule has 0 atom stereocenters. The van der Waals surface area contributed by atoms with Crippen LogP contribution in [0.2, 0.25) is 5.02 Å². The molecule has 1 aromatic heterocycles. The second-order valence-electron chi connectivity index (χ2n) is 6.03. The molecule has 28 heavy (non-hydrogen) atoms. The van der Waals surface area contributed by atoms with Crippen LogP contribution >= 0.6 is 11.6 Å². The molecule has 3 rings (SSSR count). The highest BCUT2D eigenvalue weighted by atomic mass is 35.5. The maximum atomic E-state index is 12.3. The summed E-state index contributed by atoms with van der Waals surface area (Å²) < 4.78 is 1.06. The van der Waals surface area contributed by atoms with Crippen LogP contribution < -0.4 is 10.9 Å². The highest BCUT2D eigenvalue weighted by molar-refractivity contribution is 6.30. The summed E-state index contributed by atoms with van der Waals surface area (Å²) >= 11 is 5.88. The number of hydrogen-bond acceptors (Lipinski definition) is 5. The van der Waals surface area contributed by atoms with E-state index in [-0.39, 0.29) is 12.2 Å². The Kier molecular flexibility index (Phi) is 5.51. The summed E-state index contributed by atoms with van der Waals surface area (Å²) in [7, 11) is 0. The number of aryl methyl sites for hydroxylation is 1. The van der Waals surface area contributed by atoms with Gasteiger partial charge in [-0.1, -0.05) is 23.7 Å². The molecular formula is C19H15ClN4O4. The number of benzene rings is 2. The molecular weight excluding hydrogens is 384 g/mol. The van der Waals surface area contributed by atoms with Crippen LogP contribution in [-0.4, -0.2) is 20.6 Å². The van der Waals surface area contributed by atoms with E-state index in [1.807, 2.05) is 0 Å². The van der Waals surface area contributed by atoms with E-state index < -0.39 is 16.4 Å². The Bertz CT molecular complexity index is 1110. The molecule has 3 aromatic rings. The van der Waals surface area contributed by atoms with Crippen LogP contribution in [0.3, 0.4) is 0 Å². The first-order valence-corrected chi connectivity index (χ1v) is 8.60. The zero-order chi connectivity index (χ0) is 20.3. The number of rotatable bonds is 5. The van der Waals surface area contributed by atoms with Gasteiger partial charge in [0.25, 0.3) is 11.2 Å². The number of amides is 1. The van der Waals surface area contributed by atoms with Crippen molar-refractivity contribution < 1.29 is 9.72 Å². The van der Waals surface area contributed by atoms with Gasteiger partial charge in [-0.2, -0.15) is 5.10 Å². The number of aromatic nitrogens is 2. The van der Waals surface area contributed by atoms with E-state index in [1.54, 1.807) is 37.3 Å². The normalized spacial score (nSPS) is 10.5. The minimum Gasteiger partial charge on any atom is -0.324 e. The molecule has 2 aromatic carbocycles. The van der Waals surface area contributed by atoms with Gasteiger partial charge in [0.2, 0.25) is 5.91 Å². The Morgan fingerprint density at radius 2 is 1.89 bits per heavy atom. The summed E-state index contributed by atoms with van der Waals surface area (Å²) in [4.78, 5) is 34.7. The van der Waals surface area contributed by atoms with Crippen molar-refractivity contribution in [2.24, 2.45) is 0 Å². The van der Waals surface area contributed by atoms with E-state index in [9.17, 15) is 19.7 Å². The monoisotopic (exact) mass is 398 g/mol. The van der Waals surface area contributed by atoms with E-state index in [2.05, 4.69) is 10.4 Å². The number of hydrogen-bond donors (Lipinski definition) is 1. The molecule has 1 heterocycles. The standard InChI is InChI=1S/C19H15ClN4O4/c1-12-10-15(24(27)28)6-7-16(12)21-18(25)11-23-19(26)9-8-17(22-23)13-2-4-14(20)5-3-13/h2-10H,11H2,1H3,(H,21,25). The van der Waals surface area contributed by atoms with Crippen LogP contribution in [0.1, 0.15) is 5.56 Å². The third-order valence-corrected chi connectivity index (χ3v) is 4.25. The summed E-state index contributed by atoms with van der Waals surface area (Å²) in [5.41, 5.74) is 1.76. The molecule has 0 bridgehead atoms. The molecule has 0 saturated carbocycles. The zero-order valence-corrected chi connectivity index (χ0v) is 15.5. The number of nitrogens with zero attached hydrogens (tertiary/aromatic N) is 3. The van der Waals surface area contributed by atoms with Crippen molar-refractivity contribution in [3.63, 3.8) is 0 Å². The number of nitro groups is 1. The first-order valence-electron chi connectivity index (χ1n) is 8.22. The Hall–Kier alpha value is -3.52. The fourth-order valence-corrected chi connectivity index (χ4v) is 2.69. The minimum atomic E-state index is -0.510.